The SMILES string of the molecule is COc1cnccc1[C@@H](C)NC(=O)N1CCN(C)c2ccccc2C1. The molecule has 0 spiro atoms. The molecule has 1 aliphatic heterocycles. The van der Waals surface area contributed by atoms with E-state index >= 15 is 0 Å². The Balaban J connectivity index is 1.73. The average molecular weight is 340 g/mol. The molecule has 6 nitrogen and oxygen atoms in total. The predicted octanol–water partition coefficient (Wildman–Crippen LogP) is 2.81. The first-order valence-electron chi connectivity index (χ1n) is 8.42. The van der Waals surface area contributed by atoms with Gasteiger partial charge in [-0.05, 0) is 24.6 Å². The zero-order valence-corrected chi connectivity index (χ0v) is 14.9. The molecule has 0 fully saturated rings. The lowest BCUT2D eigenvalue weighted by atomic mass is 10.1. The van der Waals surface area contributed by atoms with Crippen molar-refractivity contribution in [3.63, 3.8) is 0 Å². The van der Waals surface area contributed by atoms with Crippen LogP contribution in [0, 0.1) is 0 Å². The Bertz CT molecular complexity index is 750. The number of nitrogens with one attached hydrogen (secondary N) is 1. The van der Waals surface area contributed by atoms with Gasteiger partial charge in [0.1, 0.15) is 5.75 Å². The van der Waals surface area contributed by atoms with Gasteiger partial charge in [0.25, 0.3) is 0 Å². The second-order valence-corrected chi connectivity index (χ2v) is 6.26. The monoisotopic (exact) mass is 340 g/mol. The molecule has 1 N–H and O–H groups in total. The van der Waals surface area contributed by atoms with Gasteiger partial charge in [0.2, 0.25) is 0 Å². The summed E-state index contributed by atoms with van der Waals surface area (Å²) in [6, 6.07) is 9.85. The number of rotatable bonds is 3. The van der Waals surface area contributed by atoms with E-state index in [-0.39, 0.29) is 12.1 Å². The van der Waals surface area contributed by atoms with Gasteiger partial charge < -0.3 is 19.9 Å². The van der Waals surface area contributed by atoms with Gasteiger partial charge in [0.15, 0.2) is 0 Å². The van der Waals surface area contributed by atoms with Gasteiger partial charge in [-0.3, -0.25) is 4.98 Å². The number of anilines is 1. The maximum Gasteiger partial charge on any atom is 0.318 e. The van der Waals surface area contributed by atoms with E-state index in [4.69, 9.17) is 4.74 Å². The van der Waals surface area contributed by atoms with Crippen LogP contribution in [0.2, 0.25) is 0 Å². The van der Waals surface area contributed by atoms with Crippen LogP contribution < -0.4 is 15.0 Å². The van der Waals surface area contributed by atoms with E-state index in [1.54, 1.807) is 19.5 Å². The molecule has 2 aromatic rings. The quantitative estimate of drug-likeness (QED) is 0.933. The van der Waals surface area contributed by atoms with Gasteiger partial charge in [-0.2, -0.15) is 0 Å². The standard InChI is InChI=1S/C19H24N4O2/c1-14(16-8-9-20-12-18(16)25-3)21-19(24)23-11-10-22(2)17-7-5-4-6-15(17)13-23/h4-9,12,14H,10-11,13H2,1-3H3,(H,21,24)/t14-/m1/s1. The van der Waals surface area contributed by atoms with E-state index in [1.165, 1.54) is 5.69 Å². The lowest BCUT2D eigenvalue weighted by Gasteiger charge is -2.24. The summed E-state index contributed by atoms with van der Waals surface area (Å²) in [5.41, 5.74) is 3.26. The summed E-state index contributed by atoms with van der Waals surface area (Å²) in [5, 5.41) is 3.07. The van der Waals surface area contributed by atoms with Crippen molar-refractivity contribution in [2.75, 3.05) is 32.1 Å². The number of amides is 2. The van der Waals surface area contributed by atoms with Crippen molar-refractivity contribution in [3.05, 3.63) is 53.9 Å². The minimum Gasteiger partial charge on any atom is -0.495 e. The molecule has 1 atom stereocenters. The van der Waals surface area contributed by atoms with Crippen LogP contribution in [-0.4, -0.2) is 43.2 Å². The van der Waals surface area contributed by atoms with Crippen LogP contribution in [0.15, 0.2) is 42.7 Å². The smallest absolute Gasteiger partial charge is 0.318 e. The molecule has 3 rings (SSSR count). The summed E-state index contributed by atoms with van der Waals surface area (Å²) in [5.74, 6) is 0.677. The number of nitrogens with zero attached hydrogens (tertiary/aromatic N) is 3. The molecule has 2 heterocycles. The lowest BCUT2D eigenvalue weighted by molar-refractivity contribution is 0.194. The number of fused-ring (bicyclic) bond motifs is 1. The normalized spacial score (nSPS) is 15.2. The summed E-state index contributed by atoms with van der Waals surface area (Å²) < 4.78 is 5.34. The summed E-state index contributed by atoms with van der Waals surface area (Å²) >= 11 is 0. The van der Waals surface area contributed by atoms with Crippen molar-refractivity contribution < 1.29 is 9.53 Å². The van der Waals surface area contributed by atoms with Gasteiger partial charge in [-0.1, -0.05) is 18.2 Å². The van der Waals surface area contributed by atoms with Crippen LogP contribution in [0.5, 0.6) is 5.75 Å². The van der Waals surface area contributed by atoms with Crippen molar-refractivity contribution in [1.82, 2.24) is 15.2 Å². The van der Waals surface area contributed by atoms with Gasteiger partial charge in [0, 0.05) is 44.1 Å². The zero-order valence-electron chi connectivity index (χ0n) is 14.9. The van der Waals surface area contributed by atoms with Crippen LogP contribution in [0.1, 0.15) is 24.1 Å². The number of hydrogen-bond acceptors (Lipinski definition) is 4. The fraction of sp³-hybridized carbons (Fsp3) is 0.368. The number of benzene rings is 1. The molecule has 0 saturated carbocycles. The fourth-order valence-electron chi connectivity index (χ4n) is 3.14. The highest BCUT2D eigenvalue weighted by Crippen LogP contribution is 2.25. The van der Waals surface area contributed by atoms with E-state index in [1.807, 2.05) is 30.0 Å². The number of carbonyl (C=O) groups is 1. The van der Waals surface area contributed by atoms with Crippen LogP contribution in [0.3, 0.4) is 0 Å². The second-order valence-electron chi connectivity index (χ2n) is 6.26. The number of urea groups is 1. The van der Waals surface area contributed by atoms with Crippen molar-refractivity contribution in [3.8, 4) is 5.75 Å². The van der Waals surface area contributed by atoms with Crippen LogP contribution in [0.4, 0.5) is 10.5 Å². The first kappa shape index (κ1) is 17.1. The van der Waals surface area contributed by atoms with E-state index in [0.29, 0.717) is 18.8 Å². The van der Waals surface area contributed by atoms with Crippen molar-refractivity contribution >= 4 is 11.7 Å². The number of para-hydroxylation sites is 1. The topological polar surface area (TPSA) is 57.7 Å². The molecule has 1 aromatic carbocycles. The van der Waals surface area contributed by atoms with Crippen LogP contribution in [0.25, 0.3) is 0 Å². The Labute approximate surface area is 148 Å². The molecular weight excluding hydrogens is 316 g/mol. The van der Waals surface area contributed by atoms with E-state index in [9.17, 15) is 4.79 Å². The third kappa shape index (κ3) is 3.68. The number of likely N-dealkylation sites (N-methyl/N-ethyl adjacent to an activating group) is 1. The molecule has 1 aliphatic rings. The van der Waals surface area contributed by atoms with Gasteiger partial charge in [0.05, 0.1) is 19.3 Å². The number of methoxy groups -OCH3 is 1. The minimum atomic E-state index is -0.165. The Morgan fingerprint density at radius 3 is 2.88 bits per heavy atom. The summed E-state index contributed by atoms with van der Waals surface area (Å²) in [6.07, 6.45) is 3.37. The van der Waals surface area contributed by atoms with Gasteiger partial charge in [-0.25, -0.2) is 4.79 Å². The van der Waals surface area contributed by atoms with Gasteiger partial charge >= 0.3 is 6.03 Å². The summed E-state index contributed by atoms with van der Waals surface area (Å²) in [4.78, 5) is 20.9. The maximum atomic E-state index is 12.8. The van der Waals surface area contributed by atoms with E-state index in [0.717, 1.165) is 17.7 Å². The van der Waals surface area contributed by atoms with Crippen molar-refractivity contribution in [2.24, 2.45) is 0 Å². The number of hydrogen-bond donors (Lipinski definition) is 1. The largest absolute Gasteiger partial charge is 0.495 e. The number of aromatic nitrogens is 1. The lowest BCUT2D eigenvalue weighted by Crippen LogP contribution is -2.42. The third-order valence-corrected chi connectivity index (χ3v) is 4.60. The van der Waals surface area contributed by atoms with Crippen molar-refractivity contribution in [1.29, 1.82) is 0 Å². The molecule has 0 saturated heterocycles. The molecule has 0 aliphatic carbocycles. The molecule has 1 aromatic heterocycles. The molecule has 0 unspecified atom stereocenters. The van der Waals surface area contributed by atoms with Crippen LogP contribution >= 0.6 is 0 Å². The molecule has 132 valence electrons. The summed E-state index contributed by atoms with van der Waals surface area (Å²) in [6.45, 7) is 4.04. The predicted molar refractivity (Wildman–Crippen MR) is 97.9 cm³/mol. The van der Waals surface area contributed by atoms with E-state index < -0.39 is 0 Å². The minimum absolute atomic E-state index is 0.0727. The average Bonchev–Trinajstić information content (AvgIpc) is 2.81. The highest BCUT2D eigenvalue weighted by molar-refractivity contribution is 5.75. The fourth-order valence-corrected chi connectivity index (χ4v) is 3.14. The zero-order chi connectivity index (χ0) is 17.8. The summed E-state index contributed by atoms with van der Waals surface area (Å²) in [7, 11) is 3.67. The second kappa shape index (κ2) is 7.42. The number of ether oxygens (including phenoxy) is 1. The Kier molecular flexibility index (Phi) is 5.07. The Morgan fingerprint density at radius 1 is 1.28 bits per heavy atom. The van der Waals surface area contributed by atoms with E-state index in [2.05, 4.69) is 34.4 Å². The number of pyridine rings is 1. The molecule has 2 amide bonds. The Morgan fingerprint density at radius 2 is 2.08 bits per heavy atom. The molecule has 0 bridgehead atoms. The first-order valence-corrected chi connectivity index (χ1v) is 8.42. The maximum absolute atomic E-state index is 12.8. The first-order chi connectivity index (χ1) is 12.1. The van der Waals surface area contributed by atoms with Crippen LogP contribution in [-0.2, 0) is 6.54 Å². The van der Waals surface area contributed by atoms with Gasteiger partial charge in [-0.15, -0.1) is 0 Å². The molecule has 6 heteroatoms. The molecular formula is C19H24N4O2. The van der Waals surface area contributed by atoms with Crippen molar-refractivity contribution in [2.45, 2.75) is 19.5 Å². The molecule has 25 heavy (non-hydrogen) atoms. The number of carbonyl (C=O) groups excluding carboxylic acids is 1. The highest BCUT2D eigenvalue weighted by Gasteiger charge is 2.23. The Hall–Kier alpha value is -2.76. The highest BCUT2D eigenvalue weighted by atomic mass is 16.5. The third-order valence-electron chi connectivity index (χ3n) is 4.60. The molecule has 0 radical (unpaired) electrons.